The van der Waals surface area contributed by atoms with Gasteiger partial charge in [-0.2, -0.15) is 0 Å². The Morgan fingerprint density at radius 1 is 0.909 bits per heavy atom. The maximum Gasteiger partial charge on any atom is 0.277 e. The number of hydrogen-bond acceptors (Lipinski definition) is 6. The maximum absolute atomic E-state index is 13.5. The molecule has 0 radical (unpaired) electrons. The number of hydrogen-bond donors (Lipinski definition) is 1. The molecule has 0 atom stereocenters. The highest BCUT2D eigenvalue weighted by Crippen LogP contribution is 2.32. The molecule has 2 aliphatic heterocycles. The van der Waals surface area contributed by atoms with Crippen molar-refractivity contribution in [3.05, 3.63) is 71.2 Å². The molecule has 1 N–H and O–H groups in total. The highest BCUT2D eigenvalue weighted by Gasteiger charge is 2.41. The van der Waals surface area contributed by atoms with Crippen molar-refractivity contribution in [1.29, 1.82) is 0 Å². The molecule has 174 valence electrons. The zero-order valence-corrected chi connectivity index (χ0v) is 18.7. The number of imide groups is 1. The summed E-state index contributed by atoms with van der Waals surface area (Å²) in [6.07, 6.45) is 0.524. The van der Waals surface area contributed by atoms with Gasteiger partial charge in [0.25, 0.3) is 11.8 Å². The summed E-state index contributed by atoms with van der Waals surface area (Å²) in [7, 11) is 1.60. The van der Waals surface area contributed by atoms with E-state index in [1.165, 1.54) is 17.0 Å². The molecule has 7 nitrogen and oxygen atoms in total. The average Bonchev–Trinajstić information content (AvgIpc) is 3.09. The molecule has 33 heavy (non-hydrogen) atoms. The van der Waals surface area contributed by atoms with Gasteiger partial charge in [0.15, 0.2) is 0 Å². The molecule has 4 rings (SSSR count). The van der Waals surface area contributed by atoms with Crippen molar-refractivity contribution >= 4 is 17.4 Å². The van der Waals surface area contributed by atoms with E-state index < -0.39 is 5.82 Å². The van der Waals surface area contributed by atoms with E-state index in [9.17, 15) is 19.1 Å². The lowest BCUT2D eigenvalue weighted by Gasteiger charge is -2.36. The highest BCUT2D eigenvalue weighted by molar-refractivity contribution is 6.35. The zero-order valence-electron chi connectivity index (χ0n) is 18.7. The number of rotatable bonds is 8. The van der Waals surface area contributed by atoms with Gasteiger partial charge in [0.05, 0.1) is 19.3 Å². The van der Waals surface area contributed by atoms with Gasteiger partial charge in [-0.3, -0.25) is 19.4 Å². The van der Waals surface area contributed by atoms with Crippen LogP contribution >= 0.6 is 0 Å². The average molecular weight is 454 g/mol. The lowest BCUT2D eigenvalue weighted by atomic mass is 10.0. The molecule has 8 heteroatoms. The van der Waals surface area contributed by atoms with Crippen LogP contribution in [-0.2, 0) is 16.0 Å². The molecule has 2 aromatic carbocycles. The number of nitrogens with zero attached hydrogens (tertiary/aromatic N) is 3. The quantitative estimate of drug-likeness (QED) is 0.615. The highest BCUT2D eigenvalue weighted by atomic mass is 19.1. The Balaban J connectivity index is 1.57. The van der Waals surface area contributed by atoms with Gasteiger partial charge in [0, 0.05) is 39.3 Å². The third-order valence-corrected chi connectivity index (χ3v) is 6.16. The number of aliphatic hydroxyl groups is 1. The lowest BCUT2D eigenvalue weighted by Crippen LogP contribution is -2.48. The summed E-state index contributed by atoms with van der Waals surface area (Å²) in [4.78, 5) is 32.2. The van der Waals surface area contributed by atoms with Crippen molar-refractivity contribution in [2.45, 2.75) is 6.42 Å². The lowest BCUT2D eigenvalue weighted by molar-refractivity contribution is -0.137. The fourth-order valence-corrected chi connectivity index (χ4v) is 4.31. The minimum atomic E-state index is -0.397. The molecule has 1 saturated heterocycles. The molecule has 2 aromatic rings. The number of carbonyl (C=O) groups excluding carboxylic acids is 2. The number of ether oxygens (including phenoxy) is 1. The van der Waals surface area contributed by atoms with E-state index in [0.29, 0.717) is 56.0 Å². The van der Waals surface area contributed by atoms with Crippen molar-refractivity contribution in [3.8, 4) is 5.75 Å². The number of β-amino-alcohol motifs (C(OH)–C–C–N with tert-alkyl or cyclic N) is 1. The van der Waals surface area contributed by atoms with Crippen LogP contribution in [0.25, 0.3) is 5.57 Å². The zero-order chi connectivity index (χ0) is 23.4. The Hall–Kier alpha value is -3.23. The molecular formula is C25H28FN3O4. The topological polar surface area (TPSA) is 73.3 Å². The molecule has 0 spiro atoms. The van der Waals surface area contributed by atoms with Crippen LogP contribution in [0.5, 0.6) is 5.75 Å². The van der Waals surface area contributed by atoms with E-state index in [2.05, 4.69) is 4.90 Å². The molecule has 0 bridgehead atoms. The first kappa shape index (κ1) is 22.9. The van der Waals surface area contributed by atoms with Crippen LogP contribution < -0.4 is 4.74 Å². The number of methoxy groups -OCH3 is 1. The molecule has 0 aromatic heterocycles. The number of aliphatic hydroxyl groups excluding tert-OH is 1. The molecule has 2 amide bonds. The number of benzene rings is 2. The van der Waals surface area contributed by atoms with Gasteiger partial charge in [-0.1, -0.05) is 24.3 Å². The van der Waals surface area contributed by atoms with Crippen molar-refractivity contribution in [2.24, 2.45) is 0 Å². The molecule has 2 heterocycles. The van der Waals surface area contributed by atoms with E-state index in [1.807, 2.05) is 29.2 Å². The largest absolute Gasteiger partial charge is 0.497 e. The van der Waals surface area contributed by atoms with E-state index in [0.717, 1.165) is 11.3 Å². The molecule has 0 aliphatic carbocycles. The Morgan fingerprint density at radius 2 is 1.58 bits per heavy atom. The summed E-state index contributed by atoms with van der Waals surface area (Å²) in [6, 6.07) is 13.2. The number of carbonyl (C=O) groups is 2. The first-order chi connectivity index (χ1) is 16.0. The fourth-order valence-electron chi connectivity index (χ4n) is 4.31. The third kappa shape index (κ3) is 4.91. The van der Waals surface area contributed by atoms with Gasteiger partial charge >= 0.3 is 0 Å². The minimum absolute atomic E-state index is 0.0834. The van der Waals surface area contributed by atoms with Crippen molar-refractivity contribution in [2.75, 3.05) is 53.0 Å². The first-order valence-electron chi connectivity index (χ1n) is 11.1. The van der Waals surface area contributed by atoms with Crippen molar-refractivity contribution in [3.63, 3.8) is 0 Å². The van der Waals surface area contributed by atoms with E-state index >= 15 is 0 Å². The Kier molecular flexibility index (Phi) is 7.05. The summed E-state index contributed by atoms with van der Waals surface area (Å²) in [5.74, 6) is -0.321. The SMILES string of the molecule is COc1ccc(CCN2C(=O)C(c3ccc(F)cc3)=C(N3CCN(CCO)CC3)C2=O)cc1. The standard InChI is InChI=1S/C25H28FN3O4/c1-33-21-8-2-18(3-9-21)10-11-29-24(31)22(19-4-6-20(26)7-5-19)23(25(29)32)28-14-12-27(13-15-28)16-17-30/h2-9,30H,10-17H2,1H3. The summed E-state index contributed by atoms with van der Waals surface area (Å²) in [5, 5.41) is 9.20. The molecular weight excluding hydrogens is 425 g/mol. The van der Waals surface area contributed by atoms with Gasteiger partial charge in [0.2, 0.25) is 0 Å². The van der Waals surface area contributed by atoms with Crippen LogP contribution in [0.2, 0.25) is 0 Å². The monoisotopic (exact) mass is 453 g/mol. The number of piperazine rings is 1. The van der Waals surface area contributed by atoms with Crippen LogP contribution in [0.15, 0.2) is 54.2 Å². The van der Waals surface area contributed by atoms with Crippen molar-refractivity contribution < 1.29 is 23.8 Å². The van der Waals surface area contributed by atoms with Gasteiger partial charge in [0.1, 0.15) is 17.3 Å². The van der Waals surface area contributed by atoms with Crippen LogP contribution in [0.1, 0.15) is 11.1 Å². The normalized spacial score (nSPS) is 17.3. The predicted molar refractivity (Wildman–Crippen MR) is 122 cm³/mol. The Labute approximate surface area is 192 Å². The molecule has 0 saturated carbocycles. The Morgan fingerprint density at radius 3 is 2.18 bits per heavy atom. The molecule has 1 fully saturated rings. The summed E-state index contributed by atoms with van der Waals surface area (Å²) >= 11 is 0. The summed E-state index contributed by atoms with van der Waals surface area (Å²) in [5.41, 5.74) is 2.23. The number of amides is 2. The molecule has 0 unspecified atom stereocenters. The third-order valence-electron chi connectivity index (χ3n) is 6.16. The van der Waals surface area contributed by atoms with Crippen LogP contribution in [0, 0.1) is 5.82 Å². The second-order valence-corrected chi connectivity index (χ2v) is 8.14. The van der Waals surface area contributed by atoms with Crippen LogP contribution in [0.4, 0.5) is 4.39 Å². The second kappa shape index (κ2) is 10.1. The van der Waals surface area contributed by atoms with E-state index in [1.54, 1.807) is 19.2 Å². The van der Waals surface area contributed by atoms with Gasteiger partial charge < -0.3 is 14.7 Å². The Bertz CT molecular complexity index is 1030. The van der Waals surface area contributed by atoms with Crippen LogP contribution in [0.3, 0.4) is 0 Å². The van der Waals surface area contributed by atoms with Gasteiger partial charge in [-0.15, -0.1) is 0 Å². The minimum Gasteiger partial charge on any atom is -0.497 e. The smallest absolute Gasteiger partial charge is 0.277 e. The second-order valence-electron chi connectivity index (χ2n) is 8.14. The predicted octanol–water partition coefficient (Wildman–Crippen LogP) is 1.77. The van der Waals surface area contributed by atoms with Gasteiger partial charge in [-0.05, 0) is 41.8 Å². The van der Waals surface area contributed by atoms with E-state index in [4.69, 9.17) is 4.74 Å². The number of halogens is 1. The summed E-state index contributed by atoms with van der Waals surface area (Å²) < 4.78 is 18.7. The van der Waals surface area contributed by atoms with Gasteiger partial charge in [-0.25, -0.2) is 4.39 Å². The van der Waals surface area contributed by atoms with Crippen LogP contribution in [-0.4, -0.2) is 84.6 Å². The molecule has 2 aliphatic rings. The van der Waals surface area contributed by atoms with Crippen molar-refractivity contribution in [1.82, 2.24) is 14.7 Å². The maximum atomic E-state index is 13.5. The summed E-state index contributed by atoms with van der Waals surface area (Å²) in [6.45, 7) is 3.44. The van der Waals surface area contributed by atoms with E-state index in [-0.39, 0.29) is 25.0 Å². The fraction of sp³-hybridized carbons (Fsp3) is 0.360. The first-order valence-corrected chi connectivity index (χ1v) is 11.1.